The van der Waals surface area contributed by atoms with Crippen molar-refractivity contribution < 1.29 is 9.50 Å². The van der Waals surface area contributed by atoms with E-state index in [1.807, 2.05) is 6.92 Å². The first kappa shape index (κ1) is 14.8. The van der Waals surface area contributed by atoms with Gasteiger partial charge in [0.1, 0.15) is 5.82 Å². The van der Waals surface area contributed by atoms with E-state index in [9.17, 15) is 9.50 Å². The number of aliphatic hydroxyl groups is 1. The van der Waals surface area contributed by atoms with Gasteiger partial charge in [0.15, 0.2) is 0 Å². The minimum atomic E-state index is -0.396. The molecule has 1 fully saturated rings. The fourth-order valence-electron chi connectivity index (χ4n) is 2.68. The van der Waals surface area contributed by atoms with Crippen LogP contribution in [0.4, 0.5) is 4.39 Å². The molecule has 2 N–H and O–H groups in total. The van der Waals surface area contributed by atoms with Crippen LogP contribution in [0.2, 0.25) is 5.02 Å². The molecule has 0 aliphatic heterocycles. The Hall–Kier alpha value is -0.640. The van der Waals surface area contributed by atoms with Crippen molar-refractivity contribution in [2.45, 2.75) is 57.2 Å². The summed E-state index contributed by atoms with van der Waals surface area (Å²) in [6, 6.07) is 4.94. The Morgan fingerprint density at radius 2 is 2.05 bits per heavy atom. The van der Waals surface area contributed by atoms with E-state index in [0.717, 1.165) is 31.2 Å². The van der Waals surface area contributed by atoms with E-state index in [0.29, 0.717) is 0 Å². The standard InChI is InChI=1S/C15H21ClFNO/c1-10(11-7-8-13(17)12(16)9-11)18-14-5-3-2-4-6-15(14)19/h7-10,14-15,18-19H,2-6H2,1H3. The van der Waals surface area contributed by atoms with E-state index in [-0.39, 0.29) is 23.2 Å². The van der Waals surface area contributed by atoms with E-state index in [1.54, 1.807) is 12.1 Å². The highest BCUT2D eigenvalue weighted by atomic mass is 35.5. The lowest BCUT2D eigenvalue weighted by Gasteiger charge is -2.26. The maximum absolute atomic E-state index is 13.1. The van der Waals surface area contributed by atoms with Crippen molar-refractivity contribution in [2.75, 3.05) is 0 Å². The first-order valence-electron chi connectivity index (χ1n) is 6.97. The van der Waals surface area contributed by atoms with Gasteiger partial charge in [0.05, 0.1) is 11.1 Å². The fourth-order valence-corrected chi connectivity index (χ4v) is 2.87. The maximum atomic E-state index is 13.1. The summed E-state index contributed by atoms with van der Waals surface area (Å²) in [5.74, 6) is -0.396. The second-order valence-corrected chi connectivity index (χ2v) is 5.78. The molecule has 1 aliphatic carbocycles. The van der Waals surface area contributed by atoms with E-state index < -0.39 is 5.82 Å². The van der Waals surface area contributed by atoms with Crippen LogP contribution in [0.1, 0.15) is 50.6 Å². The van der Waals surface area contributed by atoms with Crippen LogP contribution in [-0.2, 0) is 0 Å². The Kier molecular flexibility index (Phi) is 5.20. The number of halogens is 2. The number of benzene rings is 1. The molecule has 3 unspecified atom stereocenters. The average Bonchev–Trinajstić information content (AvgIpc) is 2.58. The second-order valence-electron chi connectivity index (χ2n) is 5.37. The zero-order valence-corrected chi connectivity index (χ0v) is 12.0. The van der Waals surface area contributed by atoms with Crippen molar-refractivity contribution in [1.82, 2.24) is 5.32 Å². The third kappa shape index (κ3) is 3.91. The number of hydrogen-bond acceptors (Lipinski definition) is 2. The summed E-state index contributed by atoms with van der Waals surface area (Å²) in [5, 5.41) is 13.7. The van der Waals surface area contributed by atoms with Crippen LogP contribution >= 0.6 is 11.6 Å². The first-order chi connectivity index (χ1) is 9.08. The fraction of sp³-hybridized carbons (Fsp3) is 0.600. The first-order valence-corrected chi connectivity index (χ1v) is 7.35. The summed E-state index contributed by atoms with van der Waals surface area (Å²) in [7, 11) is 0. The van der Waals surface area contributed by atoms with Gasteiger partial charge >= 0.3 is 0 Å². The summed E-state index contributed by atoms with van der Waals surface area (Å²) in [6.45, 7) is 2.02. The highest BCUT2D eigenvalue weighted by Crippen LogP contribution is 2.24. The number of aliphatic hydroxyl groups excluding tert-OH is 1. The minimum Gasteiger partial charge on any atom is -0.392 e. The minimum absolute atomic E-state index is 0.0517. The summed E-state index contributed by atoms with van der Waals surface area (Å²) in [5.41, 5.74) is 0.947. The predicted octanol–water partition coefficient (Wildman–Crippen LogP) is 3.82. The van der Waals surface area contributed by atoms with Crippen LogP contribution in [0.5, 0.6) is 0 Å². The number of hydrogen-bond donors (Lipinski definition) is 2. The van der Waals surface area contributed by atoms with E-state index in [4.69, 9.17) is 11.6 Å². The smallest absolute Gasteiger partial charge is 0.141 e. The van der Waals surface area contributed by atoms with Gasteiger partial charge in [0, 0.05) is 12.1 Å². The van der Waals surface area contributed by atoms with Gasteiger partial charge in [0.25, 0.3) is 0 Å². The van der Waals surface area contributed by atoms with Crippen LogP contribution in [0, 0.1) is 5.82 Å². The number of rotatable bonds is 3. The third-order valence-electron chi connectivity index (χ3n) is 3.89. The summed E-state index contributed by atoms with van der Waals surface area (Å²) < 4.78 is 13.1. The summed E-state index contributed by atoms with van der Waals surface area (Å²) in [4.78, 5) is 0. The lowest BCUT2D eigenvalue weighted by Crippen LogP contribution is -2.40. The van der Waals surface area contributed by atoms with Crippen molar-refractivity contribution in [2.24, 2.45) is 0 Å². The van der Waals surface area contributed by atoms with Crippen LogP contribution < -0.4 is 5.32 Å². The average molecular weight is 286 g/mol. The number of nitrogens with one attached hydrogen (secondary N) is 1. The zero-order valence-electron chi connectivity index (χ0n) is 11.2. The molecule has 4 heteroatoms. The molecule has 2 rings (SSSR count). The van der Waals surface area contributed by atoms with Crippen LogP contribution in [-0.4, -0.2) is 17.3 Å². The van der Waals surface area contributed by atoms with Crippen LogP contribution in [0.15, 0.2) is 18.2 Å². The molecule has 0 bridgehead atoms. The van der Waals surface area contributed by atoms with Gasteiger partial charge < -0.3 is 10.4 Å². The lowest BCUT2D eigenvalue weighted by molar-refractivity contribution is 0.115. The SMILES string of the molecule is CC(NC1CCCCCC1O)c1ccc(F)c(Cl)c1. The van der Waals surface area contributed by atoms with Crippen molar-refractivity contribution in [3.8, 4) is 0 Å². The van der Waals surface area contributed by atoms with Crippen LogP contribution in [0.25, 0.3) is 0 Å². The molecule has 19 heavy (non-hydrogen) atoms. The van der Waals surface area contributed by atoms with Crippen molar-refractivity contribution in [1.29, 1.82) is 0 Å². The molecule has 106 valence electrons. The Balaban J connectivity index is 2.02. The van der Waals surface area contributed by atoms with Crippen molar-refractivity contribution in [3.63, 3.8) is 0 Å². The summed E-state index contributed by atoms with van der Waals surface area (Å²) in [6.07, 6.45) is 4.98. The Labute approximate surface area is 119 Å². The van der Waals surface area contributed by atoms with Crippen LogP contribution in [0.3, 0.4) is 0 Å². The lowest BCUT2D eigenvalue weighted by atomic mass is 10.0. The Morgan fingerprint density at radius 3 is 2.79 bits per heavy atom. The molecule has 0 amide bonds. The quantitative estimate of drug-likeness (QED) is 0.828. The van der Waals surface area contributed by atoms with E-state index >= 15 is 0 Å². The van der Waals surface area contributed by atoms with Gasteiger partial charge in [0.2, 0.25) is 0 Å². The van der Waals surface area contributed by atoms with Gasteiger partial charge in [-0.1, -0.05) is 36.9 Å². The molecular weight excluding hydrogens is 265 g/mol. The second kappa shape index (κ2) is 6.69. The Morgan fingerprint density at radius 1 is 1.32 bits per heavy atom. The monoisotopic (exact) mass is 285 g/mol. The predicted molar refractivity (Wildman–Crippen MR) is 75.8 cm³/mol. The molecule has 2 nitrogen and oxygen atoms in total. The van der Waals surface area contributed by atoms with E-state index in [2.05, 4.69) is 5.32 Å². The van der Waals surface area contributed by atoms with Gasteiger partial charge in [-0.2, -0.15) is 0 Å². The zero-order chi connectivity index (χ0) is 13.8. The topological polar surface area (TPSA) is 32.3 Å². The van der Waals surface area contributed by atoms with E-state index in [1.165, 1.54) is 12.5 Å². The van der Waals surface area contributed by atoms with Gasteiger partial charge in [-0.3, -0.25) is 0 Å². The third-order valence-corrected chi connectivity index (χ3v) is 4.18. The highest BCUT2D eigenvalue weighted by Gasteiger charge is 2.23. The summed E-state index contributed by atoms with van der Waals surface area (Å²) >= 11 is 5.80. The molecule has 3 atom stereocenters. The van der Waals surface area contributed by atoms with Gasteiger partial charge in [-0.25, -0.2) is 4.39 Å². The molecule has 0 heterocycles. The normalized spacial score (nSPS) is 25.9. The van der Waals surface area contributed by atoms with Crippen molar-refractivity contribution in [3.05, 3.63) is 34.6 Å². The molecule has 1 aliphatic rings. The molecule has 0 radical (unpaired) electrons. The molecule has 0 aromatic heterocycles. The molecule has 1 saturated carbocycles. The molecule has 0 spiro atoms. The molecule has 0 saturated heterocycles. The Bertz CT molecular complexity index is 427. The van der Waals surface area contributed by atoms with Gasteiger partial charge in [-0.05, 0) is 37.5 Å². The molecule has 1 aromatic carbocycles. The van der Waals surface area contributed by atoms with Crippen molar-refractivity contribution >= 4 is 11.6 Å². The largest absolute Gasteiger partial charge is 0.392 e. The van der Waals surface area contributed by atoms with Gasteiger partial charge in [-0.15, -0.1) is 0 Å². The molecule has 1 aromatic rings. The highest BCUT2D eigenvalue weighted by molar-refractivity contribution is 6.30. The molecular formula is C15H21ClFNO. The maximum Gasteiger partial charge on any atom is 0.141 e.